The molecule has 0 aromatic carbocycles. The fourth-order valence-corrected chi connectivity index (χ4v) is 0.342. The third kappa shape index (κ3) is 9.18. The summed E-state index contributed by atoms with van der Waals surface area (Å²) >= 11 is 5.24. The van der Waals surface area contributed by atoms with E-state index in [9.17, 15) is 0 Å². The zero-order chi connectivity index (χ0) is 8.53. The summed E-state index contributed by atoms with van der Waals surface area (Å²) in [6, 6.07) is 5.86. The first-order valence-electron chi connectivity index (χ1n) is 3.39. The number of allylic oxidation sites excluding steroid dienone is 1. The molecule has 11 heavy (non-hydrogen) atoms. The largest absolute Gasteiger partial charge is 0.218 e. The average molecular weight is 171 g/mol. The highest BCUT2D eigenvalue weighted by molar-refractivity contribution is 6.19. The Hall–Kier alpha value is -0.820. The monoisotopic (exact) mass is 170 g/mol. The number of H-pyrrole nitrogens is 1. The van der Waals surface area contributed by atoms with Crippen molar-refractivity contribution in [3.05, 3.63) is 42.7 Å². The molecule has 1 aromatic heterocycles. The summed E-state index contributed by atoms with van der Waals surface area (Å²) in [4.78, 5) is 2.89. The third-order valence-corrected chi connectivity index (χ3v) is 1.29. The van der Waals surface area contributed by atoms with Gasteiger partial charge in [-0.3, -0.25) is 0 Å². The molecule has 0 fully saturated rings. The molecule has 0 aliphatic rings. The van der Waals surface area contributed by atoms with Gasteiger partial charge in [0, 0.05) is 18.0 Å². The van der Waals surface area contributed by atoms with Crippen molar-refractivity contribution in [2.75, 3.05) is 5.88 Å². The van der Waals surface area contributed by atoms with Crippen molar-refractivity contribution < 1.29 is 4.98 Å². The van der Waals surface area contributed by atoms with Crippen LogP contribution in [-0.4, -0.2) is 5.88 Å². The van der Waals surface area contributed by atoms with Gasteiger partial charge in [-0.15, -0.1) is 11.6 Å². The number of hydrogen-bond acceptors (Lipinski definition) is 0. The number of nitrogens with one attached hydrogen (secondary N) is 1. The summed E-state index contributed by atoms with van der Waals surface area (Å²) in [6.45, 7) is 5.44. The third-order valence-electron chi connectivity index (χ3n) is 0.835. The van der Waals surface area contributed by atoms with E-state index in [-0.39, 0.29) is 0 Å². The van der Waals surface area contributed by atoms with Crippen molar-refractivity contribution in [3.63, 3.8) is 0 Å². The van der Waals surface area contributed by atoms with E-state index in [4.69, 9.17) is 11.6 Å². The fourth-order valence-electron chi connectivity index (χ4n) is 0.342. The van der Waals surface area contributed by atoms with Crippen LogP contribution in [0.4, 0.5) is 0 Å². The van der Waals surface area contributed by atoms with Crippen molar-refractivity contribution in [2.45, 2.75) is 6.92 Å². The summed E-state index contributed by atoms with van der Waals surface area (Å²) in [7, 11) is 0. The maximum Gasteiger partial charge on any atom is 0.166 e. The van der Waals surface area contributed by atoms with Crippen molar-refractivity contribution in [2.24, 2.45) is 0 Å². The van der Waals surface area contributed by atoms with Crippen LogP contribution < -0.4 is 4.98 Å². The number of aromatic amines is 1. The molecule has 1 rings (SSSR count). The number of alkyl halides is 1. The van der Waals surface area contributed by atoms with Gasteiger partial charge in [-0.25, -0.2) is 4.98 Å². The second-order valence-electron chi connectivity index (χ2n) is 2.17. The molecule has 0 saturated carbocycles. The second-order valence-corrected chi connectivity index (χ2v) is 2.44. The maximum atomic E-state index is 5.24. The van der Waals surface area contributed by atoms with Gasteiger partial charge in [-0.2, -0.15) is 0 Å². The number of pyridine rings is 1. The number of rotatable bonds is 1. The van der Waals surface area contributed by atoms with Crippen molar-refractivity contribution in [1.82, 2.24) is 0 Å². The minimum atomic E-state index is 0.583. The van der Waals surface area contributed by atoms with Crippen LogP contribution in [0.15, 0.2) is 42.7 Å². The summed E-state index contributed by atoms with van der Waals surface area (Å²) in [5, 5.41) is 0. The lowest BCUT2D eigenvalue weighted by Crippen LogP contribution is -1.93. The average Bonchev–Trinajstić information content (AvgIpc) is 2.09. The maximum absolute atomic E-state index is 5.24. The van der Waals surface area contributed by atoms with E-state index in [0.717, 1.165) is 5.57 Å². The molecule has 0 spiro atoms. The van der Waals surface area contributed by atoms with E-state index in [1.807, 2.05) is 37.5 Å². The standard InChI is InChI=1S/C5H5N.C4H7Cl/c1-2-4-6-5-3-1;1-4(2)3-5/h1-5H;1,3H2,2H3/p+1. The van der Waals surface area contributed by atoms with Gasteiger partial charge in [-0.05, 0) is 6.92 Å². The first-order valence-corrected chi connectivity index (χ1v) is 3.92. The van der Waals surface area contributed by atoms with Crippen molar-refractivity contribution in [1.29, 1.82) is 0 Å². The molecule has 0 radical (unpaired) electrons. The zero-order valence-electron chi connectivity index (χ0n) is 6.68. The van der Waals surface area contributed by atoms with Crippen molar-refractivity contribution in [3.8, 4) is 0 Å². The Labute approximate surface area is 72.7 Å². The zero-order valence-corrected chi connectivity index (χ0v) is 7.43. The lowest BCUT2D eigenvalue weighted by Gasteiger charge is -1.77. The van der Waals surface area contributed by atoms with Gasteiger partial charge < -0.3 is 0 Å². The van der Waals surface area contributed by atoms with Gasteiger partial charge in [0.2, 0.25) is 0 Å². The summed E-state index contributed by atoms with van der Waals surface area (Å²) in [5.74, 6) is 0.583. The lowest BCUT2D eigenvalue weighted by atomic mass is 10.4. The van der Waals surface area contributed by atoms with E-state index in [0.29, 0.717) is 5.88 Å². The number of aromatic nitrogens is 1. The lowest BCUT2D eigenvalue weighted by molar-refractivity contribution is -0.377. The summed E-state index contributed by atoms with van der Waals surface area (Å²) in [6.07, 6.45) is 3.75. The molecule has 0 aliphatic carbocycles. The minimum Gasteiger partial charge on any atom is -0.218 e. The number of hydrogen-bond donors (Lipinski definition) is 0. The minimum absolute atomic E-state index is 0.583. The van der Waals surface area contributed by atoms with Gasteiger partial charge in [0.05, 0.1) is 0 Å². The van der Waals surface area contributed by atoms with E-state index in [2.05, 4.69) is 11.6 Å². The molecule has 0 atom stereocenters. The van der Waals surface area contributed by atoms with Gasteiger partial charge in [0.15, 0.2) is 12.4 Å². The first kappa shape index (κ1) is 10.2. The Morgan fingerprint density at radius 3 is 1.91 bits per heavy atom. The van der Waals surface area contributed by atoms with Crippen LogP contribution in [0.5, 0.6) is 0 Å². The van der Waals surface area contributed by atoms with Gasteiger partial charge in [0.25, 0.3) is 0 Å². The molecular weight excluding hydrogens is 158 g/mol. The fraction of sp³-hybridized carbons (Fsp3) is 0.222. The van der Waals surface area contributed by atoms with Crippen LogP contribution in [0.2, 0.25) is 0 Å². The quantitative estimate of drug-likeness (QED) is 0.454. The highest BCUT2D eigenvalue weighted by Crippen LogP contribution is 1.86. The Morgan fingerprint density at radius 2 is 1.82 bits per heavy atom. The van der Waals surface area contributed by atoms with E-state index in [1.54, 1.807) is 0 Å². The van der Waals surface area contributed by atoms with Crippen LogP contribution in [0.25, 0.3) is 0 Å². The Bertz CT molecular complexity index is 157. The van der Waals surface area contributed by atoms with Crippen molar-refractivity contribution >= 4 is 11.6 Å². The molecule has 1 nitrogen and oxygen atoms in total. The van der Waals surface area contributed by atoms with Gasteiger partial charge in [-0.1, -0.05) is 18.2 Å². The molecule has 1 aromatic rings. The molecular formula is C9H13ClN+. The Morgan fingerprint density at radius 1 is 1.36 bits per heavy atom. The van der Waals surface area contributed by atoms with Gasteiger partial charge >= 0.3 is 0 Å². The molecule has 0 saturated heterocycles. The molecule has 1 heterocycles. The Kier molecular flexibility index (Phi) is 6.75. The van der Waals surface area contributed by atoms with Crippen LogP contribution in [0, 0.1) is 0 Å². The molecule has 2 heteroatoms. The van der Waals surface area contributed by atoms with Crippen LogP contribution in [0.1, 0.15) is 6.92 Å². The molecule has 60 valence electrons. The topological polar surface area (TPSA) is 14.1 Å². The highest BCUT2D eigenvalue weighted by Gasteiger charge is 1.70. The first-order chi connectivity index (χ1) is 5.27. The van der Waals surface area contributed by atoms with Crippen LogP contribution in [-0.2, 0) is 0 Å². The highest BCUT2D eigenvalue weighted by atomic mass is 35.5. The molecule has 1 N–H and O–H groups in total. The molecule has 0 aliphatic heterocycles. The SMILES string of the molecule is C=C(C)CCl.c1cc[nH+]cc1. The van der Waals surface area contributed by atoms with E-state index < -0.39 is 0 Å². The van der Waals surface area contributed by atoms with E-state index >= 15 is 0 Å². The molecule has 0 bridgehead atoms. The number of halogens is 1. The molecule has 0 amide bonds. The normalized spacial score (nSPS) is 7.82. The summed E-state index contributed by atoms with van der Waals surface area (Å²) in [5.41, 5.74) is 1.02. The van der Waals surface area contributed by atoms with Crippen LogP contribution >= 0.6 is 11.6 Å². The summed E-state index contributed by atoms with van der Waals surface area (Å²) < 4.78 is 0. The molecule has 0 unspecified atom stereocenters. The smallest absolute Gasteiger partial charge is 0.166 e. The second kappa shape index (κ2) is 7.29. The Balaban J connectivity index is 0.000000187. The van der Waals surface area contributed by atoms with Crippen LogP contribution in [0.3, 0.4) is 0 Å². The predicted octanol–water partition coefficient (Wildman–Crippen LogP) is 2.30. The van der Waals surface area contributed by atoms with E-state index in [1.165, 1.54) is 0 Å². The predicted molar refractivity (Wildman–Crippen MR) is 48.5 cm³/mol. The van der Waals surface area contributed by atoms with Gasteiger partial charge in [0.1, 0.15) is 0 Å².